The molecule has 1 aromatic rings. The molecule has 0 radical (unpaired) electrons. The first-order valence-corrected chi connectivity index (χ1v) is 5.84. The fourth-order valence-electron chi connectivity index (χ4n) is 1.35. The van der Waals surface area contributed by atoms with Gasteiger partial charge in [-0.3, -0.25) is 9.59 Å². The molecule has 1 rings (SSSR count). The van der Waals surface area contributed by atoms with E-state index in [1.54, 1.807) is 13.0 Å². The molecule has 0 aromatic carbocycles. The SMILES string of the molecule is CC(C)NC(=O)C(C)NC(=O)c1ccc(CN)o1. The fraction of sp³-hybridized carbons (Fsp3) is 0.500. The average molecular weight is 253 g/mol. The fourth-order valence-corrected chi connectivity index (χ4v) is 1.35. The van der Waals surface area contributed by atoms with Crippen molar-refractivity contribution in [3.63, 3.8) is 0 Å². The lowest BCUT2D eigenvalue weighted by Gasteiger charge is -2.15. The van der Waals surface area contributed by atoms with E-state index in [1.165, 1.54) is 6.07 Å². The first-order chi connectivity index (χ1) is 8.43. The van der Waals surface area contributed by atoms with Gasteiger partial charge in [-0.15, -0.1) is 0 Å². The second-order valence-electron chi connectivity index (χ2n) is 4.33. The lowest BCUT2D eigenvalue weighted by Crippen LogP contribution is -2.46. The smallest absolute Gasteiger partial charge is 0.287 e. The minimum absolute atomic E-state index is 0.0318. The molecule has 0 fully saturated rings. The number of nitrogens with two attached hydrogens (primary N) is 1. The highest BCUT2D eigenvalue weighted by Gasteiger charge is 2.18. The van der Waals surface area contributed by atoms with Crippen LogP contribution in [-0.4, -0.2) is 23.9 Å². The molecule has 2 amide bonds. The van der Waals surface area contributed by atoms with Gasteiger partial charge in [-0.2, -0.15) is 0 Å². The molecule has 0 aliphatic carbocycles. The van der Waals surface area contributed by atoms with Gasteiger partial charge in [0.2, 0.25) is 5.91 Å². The molecular formula is C12H19N3O3. The number of hydrogen-bond donors (Lipinski definition) is 3. The Hall–Kier alpha value is -1.82. The first kappa shape index (κ1) is 14.2. The standard InChI is InChI=1S/C12H19N3O3/c1-7(2)14-11(16)8(3)15-12(17)10-5-4-9(6-13)18-10/h4-5,7-8H,6,13H2,1-3H3,(H,14,16)(H,15,17). The second-order valence-corrected chi connectivity index (χ2v) is 4.33. The zero-order valence-electron chi connectivity index (χ0n) is 10.8. The Morgan fingerprint density at radius 3 is 2.44 bits per heavy atom. The third-order valence-electron chi connectivity index (χ3n) is 2.26. The summed E-state index contributed by atoms with van der Waals surface area (Å²) in [6.07, 6.45) is 0. The van der Waals surface area contributed by atoms with Gasteiger partial charge in [0, 0.05) is 6.04 Å². The lowest BCUT2D eigenvalue weighted by molar-refractivity contribution is -0.123. The summed E-state index contributed by atoms with van der Waals surface area (Å²) in [5, 5.41) is 5.26. The maximum Gasteiger partial charge on any atom is 0.287 e. The monoisotopic (exact) mass is 253 g/mol. The Morgan fingerprint density at radius 2 is 1.94 bits per heavy atom. The van der Waals surface area contributed by atoms with Crippen molar-refractivity contribution in [1.29, 1.82) is 0 Å². The number of carbonyl (C=O) groups is 2. The maximum absolute atomic E-state index is 11.7. The van der Waals surface area contributed by atoms with Gasteiger partial charge in [0.05, 0.1) is 6.54 Å². The zero-order chi connectivity index (χ0) is 13.7. The van der Waals surface area contributed by atoms with Gasteiger partial charge in [-0.1, -0.05) is 0 Å². The van der Waals surface area contributed by atoms with Crippen LogP contribution in [0.25, 0.3) is 0 Å². The molecule has 6 heteroatoms. The van der Waals surface area contributed by atoms with Crippen LogP contribution in [-0.2, 0) is 11.3 Å². The number of rotatable bonds is 5. The van der Waals surface area contributed by atoms with E-state index in [-0.39, 0.29) is 24.3 Å². The van der Waals surface area contributed by atoms with Crippen LogP contribution in [0.5, 0.6) is 0 Å². The molecule has 100 valence electrons. The van der Waals surface area contributed by atoms with Crippen molar-refractivity contribution in [2.24, 2.45) is 5.73 Å². The van der Waals surface area contributed by atoms with Crippen LogP contribution >= 0.6 is 0 Å². The molecule has 0 saturated heterocycles. The quantitative estimate of drug-likeness (QED) is 0.706. The van der Waals surface area contributed by atoms with E-state index in [9.17, 15) is 9.59 Å². The summed E-state index contributed by atoms with van der Waals surface area (Å²) in [5.74, 6) is 0.0177. The topological polar surface area (TPSA) is 97.4 Å². The number of amides is 2. The lowest BCUT2D eigenvalue weighted by atomic mass is 10.2. The predicted octanol–water partition coefficient (Wildman–Crippen LogP) is 0.381. The number of carbonyl (C=O) groups excluding carboxylic acids is 2. The highest BCUT2D eigenvalue weighted by atomic mass is 16.4. The largest absolute Gasteiger partial charge is 0.455 e. The summed E-state index contributed by atoms with van der Waals surface area (Å²) in [5.41, 5.74) is 5.38. The Balaban J connectivity index is 2.56. The van der Waals surface area contributed by atoms with Crippen LogP contribution in [0.2, 0.25) is 0 Å². The second kappa shape index (κ2) is 6.20. The van der Waals surface area contributed by atoms with Crippen LogP contribution in [0.4, 0.5) is 0 Å². The average Bonchev–Trinajstić information content (AvgIpc) is 2.76. The van der Waals surface area contributed by atoms with Gasteiger partial charge in [0.1, 0.15) is 11.8 Å². The van der Waals surface area contributed by atoms with E-state index >= 15 is 0 Å². The molecule has 0 saturated carbocycles. The summed E-state index contributed by atoms with van der Waals surface area (Å²) in [4.78, 5) is 23.4. The van der Waals surface area contributed by atoms with Gasteiger partial charge < -0.3 is 20.8 Å². The molecule has 4 N–H and O–H groups in total. The number of furan rings is 1. The van der Waals surface area contributed by atoms with E-state index in [4.69, 9.17) is 10.2 Å². The molecule has 0 aliphatic heterocycles. The van der Waals surface area contributed by atoms with Gasteiger partial charge in [-0.25, -0.2) is 0 Å². The molecule has 0 aliphatic rings. The summed E-state index contributed by atoms with van der Waals surface area (Å²) in [6.45, 7) is 5.55. The van der Waals surface area contributed by atoms with Crippen LogP contribution in [0.1, 0.15) is 37.1 Å². The van der Waals surface area contributed by atoms with Crippen molar-refractivity contribution >= 4 is 11.8 Å². The van der Waals surface area contributed by atoms with Gasteiger partial charge in [0.25, 0.3) is 5.91 Å². The van der Waals surface area contributed by atoms with Crippen molar-refractivity contribution in [1.82, 2.24) is 10.6 Å². The predicted molar refractivity (Wildman–Crippen MR) is 66.8 cm³/mol. The van der Waals surface area contributed by atoms with Crippen LogP contribution in [0.15, 0.2) is 16.5 Å². The van der Waals surface area contributed by atoms with E-state index in [2.05, 4.69) is 10.6 Å². The van der Waals surface area contributed by atoms with Crippen LogP contribution < -0.4 is 16.4 Å². The van der Waals surface area contributed by atoms with E-state index in [1.807, 2.05) is 13.8 Å². The highest BCUT2D eigenvalue weighted by molar-refractivity contribution is 5.95. The van der Waals surface area contributed by atoms with Gasteiger partial charge in [0.15, 0.2) is 5.76 Å². The summed E-state index contributed by atoms with van der Waals surface area (Å²) < 4.78 is 5.19. The Morgan fingerprint density at radius 1 is 1.28 bits per heavy atom. The third kappa shape index (κ3) is 3.89. The highest BCUT2D eigenvalue weighted by Crippen LogP contribution is 2.07. The maximum atomic E-state index is 11.7. The van der Waals surface area contributed by atoms with Gasteiger partial charge >= 0.3 is 0 Å². The van der Waals surface area contributed by atoms with Crippen LogP contribution in [0, 0.1) is 0 Å². The Kier molecular flexibility index (Phi) is 4.91. The molecule has 18 heavy (non-hydrogen) atoms. The minimum Gasteiger partial charge on any atom is -0.455 e. The van der Waals surface area contributed by atoms with Crippen molar-refractivity contribution in [2.75, 3.05) is 0 Å². The number of nitrogens with one attached hydrogen (secondary N) is 2. The Bertz CT molecular complexity index is 426. The third-order valence-corrected chi connectivity index (χ3v) is 2.26. The van der Waals surface area contributed by atoms with Crippen molar-refractivity contribution < 1.29 is 14.0 Å². The van der Waals surface area contributed by atoms with Crippen molar-refractivity contribution in [3.8, 4) is 0 Å². The summed E-state index contributed by atoms with van der Waals surface area (Å²) in [6, 6.07) is 2.58. The van der Waals surface area contributed by atoms with Crippen molar-refractivity contribution in [3.05, 3.63) is 23.7 Å². The normalized spacial score (nSPS) is 12.3. The number of hydrogen-bond acceptors (Lipinski definition) is 4. The van der Waals surface area contributed by atoms with E-state index < -0.39 is 11.9 Å². The molecule has 6 nitrogen and oxygen atoms in total. The zero-order valence-corrected chi connectivity index (χ0v) is 10.8. The minimum atomic E-state index is -0.619. The summed E-state index contributed by atoms with van der Waals surface area (Å²) in [7, 11) is 0. The molecule has 1 atom stereocenters. The molecule has 0 spiro atoms. The van der Waals surface area contributed by atoms with E-state index in [0.717, 1.165) is 0 Å². The molecule has 0 bridgehead atoms. The van der Waals surface area contributed by atoms with Gasteiger partial charge in [-0.05, 0) is 32.9 Å². The van der Waals surface area contributed by atoms with Crippen LogP contribution in [0.3, 0.4) is 0 Å². The van der Waals surface area contributed by atoms with E-state index in [0.29, 0.717) is 5.76 Å². The molecular weight excluding hydrogens is 234 g/mol. The molecule has 1 unspecified atom stereocenters. The Labute approximate surface area is 106 Å². The van der Waals surface area contributed by atoms with Crippen molar-refractivity contribution in [2.45, 2.75) is 39.4 Å². The molecule has 1 aromatic heterocycles. The first-order valence-electron chi connectivity index (χ1n) is 5.84. The summed E-state index contributed by atoms with van der Waals surface area (Å²) >= 11 is 0. The molecule has 1 heterocycles.